The fraction of sp³-hybridized carbons (Fsp3) is 0.447. The van der Waals surface area contributed by atoms with Gasteiger partial charge in [0, 0.05) is 35.9 Å². The van der Waals surface area contributed by atoms with Crippen molar-refractivity contribution in [3.8, 4) is 16.9 Å². The van der Waals surface area contributed by atoms with Crippen LogP contribution in [0.5, 0.6) is 5.75 Å². The number of aryl methyl sites for hydroxylation is 1. The van der Waals surface area contributed by atoms with E-state index in [0.29, 0.717) is 30.1 Å². The van der Waals surface area contributed by atoms with Gasteiger partial charge in [-0.15, -0.1) is 0 Å². The third kappa shape index (κ3) is 8.15. The summed E-state index contributed by atoms with van der Waals surface area (Å²) >= 11 is 0. The highest BCUT2D eigenvalue weighted by atomic mass is 16.5. The number of pyridine rings is 2. The van der Waals surface area contributed by atoms with Crippen molar-refractivity contribution < 1.29 is 9.53 Å². The van der Waals surface area contributed by atoms with Crippen LogP contribution in [0, 0.1) is 0 Å². The van der Waals surface area contributed by atoms with Crippen molar-refractivity contribution in [1.29, 1.82) is 0 Å². The molecule has 8 heteroatoms. The van der Waals surface area contributed by atoms with Crippen LogP contribution >= 0.6 is 0 Å². The standard InChI is InChI=1S/C38H51N5O3/c1-8-11-23-43-36-32(20-14-21-39-36)33(28-16-12-17-29(25-28)46-24-15-22-42(9-2)10-3)35(37(43)44)41-38(45)40-34-30(26(4)5)18-13-19-31(34)27(6)7/h12-14,16-21,25-27H,8-11,15,22-24H2,1-7H3,(H2,40,41,45). The maximum Gasteiger partial charge on any atom is 0.323 e. The summed E-state index contributed by atoms with van der Waals surface area (Å²) in [6.45, 7) is 19.0. The van der Waals surface area contributed by atoms with Crippen molar-refractivity contribution >= 4 is 28.4 Å². The van der Waals surface area contributed by atoms with Gasteiger partial charge in [-0.3, -0.25) is 9.36 Å². The lowest BCUT2D eigenvalue weighted by Crippen LogP contribution is -2.30. The van der Waals surface area contributed by atoms with Gasteiger partial charge < -0.3 is 20.3 Å². The highest BCUT2D eigenvalue weighted by Gasteiger charge is 2.23. The van der Waals surface area contributed by atoms with Crippen molar-refractivity contribution in [3.63, 3.8) is 0 Å². The molecule has 0 radical (unpaired) electrons. The summed E-state index contributed by atoms with van der Waals surface area (Å²) < 4.78 is 7.86. The van der Waals surface area contributed by atoms with E-state index in [1.165, 1.54) is 0 Å². The summed E-state index contributed by atoms with van der Waals surface area (Å²) in [5.74, 6) is 1.13. The first-order chi connectivity index (χ1) is 22.2. The molecule has 2 aromatic carbocycles. The topological polar surface area (TPSA) is 88.5 Å². The van der Waals surface area contributed by atoms with Gasteiger partial charge >= 0.3 is 6.03 Å². The van der Waals surface area contributed by atoms with Crippen LogP contribution in [-0.2, 0) is 6.54 Å². The Morgan fingerprint density at radius 3 is 2.22 bits per heavy atom. The van der Waals surface area contributed by atoms with Gasteiger partial charge in [0.05, 0.1) is 6.61 Å². The van der Waals surface area contributed by atoms with Crippen molar-refractivity contribution in [3.05, 3.63) is 82.3 Å². The first kappa shape index (κ1) is 34.7. The minimum Gasteiger partial charge on any atom is -0.494 e. The van der Waals surface area contributed by atoms with E-state index in [2.05, 4.69) is 69.0 Å². The van der Waals surface area contributed by atoms with Crippen LogP contribution in [0.2, 0.25) is 0 Å². The number of rotatable bonds is 15. The molecule has 246 valence electrons. The number of amides is 2. The molecule has 0 atom stereocenters. The number of unbranched alkanes of at least 4 members (excludes halogenated alkanes) is 1. The van der Waals surface area contributed by atoms with Crippen LogP contribution in [0.1, 0.15) is 90.7 Å². The molecular formula is C38H51N5O3. The van der Waals surface area contributed by atoms with Gasteiger partial charge in [-0.25, -0.2) is 9.78 Å². The van der Waals surface area contributed by atoms with E-state index in [4.69, 9.17) is 4.74 Å². The average Bonchev–Trinajstić information content (AvgIpc) is 3.05. The number of ether oxygens (including phenoxy) is 1. The molecule has 2 aromatic heterocycles. The third-order valence-electron chi connectivity index (χ3n) is 8.51. The lowest BCUT2D eigenvalue weighted by atomic mass is 9.93. The van der Waals surface area contributed by atoms with Gasteiger partial charge in [0.25, 0.3) is 5.56 Å². The first-order valence-corrected chi connectivity index (χ1v) is 16.9. The van der Waals surface area contributed by atoms with Crippen molar-refractivity contribution in [2.24, 2.45) is 0 Å². The molecule has 2 amide bonds. The average molecular weight is 626 g/mol. The molecule has 46 heavy (non-hydrogen) atoms. The number of nitrogens with one attached hydrogen (secondary N) is 2. The Morgan fingerprint density at radius 2 is 1.57 bits per heavy atom. The molecule has 0 aliphatic rings. The number of anilines is 2. The number of urea groups is 1. The second kappa shape index (κ2) is 16.4. The molecule has 0 unspecified atom stereocenters. The van der Waals surface area contributed by atoms with E-state index in [9.17, 15) is 9.59 Å². The zero-order chi connectivity index (χ0) is 33.2. The predicted octanol–water partition coefficient (Wildman–Crippen LogP) is 8.87. The third-order valence-corrected chi connectivity index (χ3v) is 8.51. The molecule has 2 N–H and O–H groups in total. The maximum atomic E-state index is 14.3. The van der Waals surface area contributed by atoms with Crippen LogP contribution in [0.25, 0.3) is 22.2 Å². The number of aromatic nitrogens is 2. The Hall–Kier alpha value is -4.17. The second-order valence-electron chi connectivity index (χ2n) is 12.4. The lowest BCUT2D eigenvalue weighted by molar-refractivity contribution is 0.249. The molecule has 0 aliphatic heterocycles. The molecule has 8 nitrogen and oxygen atoms in total. The Bertz CT molecular complexity index is 1650. The van der Waals surface area contributed by atoms with Crippen LogP contribution in [0.4, 0.5) is 16.2 Å². The summed E-state index contributed by atoms with van der Waals surface area (Å²) in [5.41, 5.74) is 4.84. The highest BCUT2D eigenvalue weighted by molar-refractivity contribution is 6.07. The minimum atomic E-state index is -0.456. The normalized spacial score (nSPS) is 11.5. The number of nitrogens with zero attached hydrogens (tertiary/aromatic N) is 3. The molecular weight excluding hydrogens is 574 g/mol. The van der Waals surface area contributed by atoms with Crippen LogP contribution in [-0.4, -0.2) is 46.7 Å². The Labute approximate surface area is 274 Å². The largest absolute Gasteiger partial charge is 0.494 e. The summed E-state index contributed by atoms with van der Waals surface area (Å²) in [7, 11) is 0. The molecule has 4 rings (SSSR count). The van der Waals surface area contributed by atoms with Crippen LogP contribution < -0.4 is 20.9 Å². The molecule has 0 spiro atoms. The molecule has 0 fully saturated rings. The molecule has 0 bridgehead atoms. The Kier molecular flexibility index (Phi) is 12.4. The fourth-order valence-corrected chi connectivity index (χ4v) is 5.93. The molecule has 0 saturated heterocycles. The summed E-state index contributed by atoms with van der Waals surface area (Å²) in [6.07, 6.45) is 4.35. The molecule has 0 aliphatic carbocycles. The van der Waals surface area contributed by atoms with Gasteiger partial charge in [-0.05, 0) is 78.7 Å². The zero-order valence-electron chi connectivity index (χ0n) is 28.7. The zero-order valence-corrected chi connectivity index (χ0v) is 28.7. The monoisotopic (exact) mass is 625 g/mol. The van der Waals surface area contributed by atoms with Gasteiger partial charge in [0.2, 0.25) is 0 Å². The minimum absolute atomic E-state index is 0.206. The maximum absolute atomic E-state index is 14.3. The van der Waals surface area contributed by atoms with Gasteiger partial charge in [0.15, 0.2) is 0 Å². The number of hydrogen-bond donors (Lipinski definition) is 2. The number of fused-ring (bicyclic) bond motifs is 1. The van der Waals surface area contributed by atoms with Crippen molar-refractivity contribution in [2.45, 2.75) is 86.1 Å². The Balaban J connectivity index is 1.78. The number of carbonyl (C=O) groups excluding carboxylic acids is 1. The van der Waals surface area contributed by atoms with E-state index in [-0.39, 0.29) is 23.1 Å². The van der Waals surface area contributed by atoms with Crippen molar-refractivity contribution in [1.82, 2.24) is 14.5 Å². The quantitative estimate of drug-likeness (QED) is 0.129. The van der Waals surface area contributed by atoms with E-state index >= 15 is 0 Å². The summed E-state index contributed by atoms with van der Waals surface area (Å²) in [6, 6.07) is 17.3. The SMILES string of the molecule is CCCCn1c(=O)c(NC(=O)Nc2c(C(C)C)cccc2C(C)C)c(-c2cccc(OCCCN(CC)CC)c2)c2cccnc21. The van der Waals surface area contributed by atoms with Crippen LogP contribution in [0.15, 0.2) is 65.6 Å². The highest BCUT2D eigenvalue weighted by Crippen LogP contribution is 2.36. The number of carbonyl (C=O) groups is 1. The number of benzene rings is 2. The van der Waals surface area contributed by atoms with Gasteiger partial charge in [-0.1, -0.05) is 85.2 Å². The van der Waals surface area contributed by atoms with E-state index < -0.39 is 6.03 Å². The molecule has 0 saturated carbocycles. The summed E-state index contributed by atoms with van der Waals surface area (Å²) in [4.78, 5) is 35.2. The summed E-state index contributed by atoms with van der Waals surface area (Å²) in [5, 5.41) is 6.92. The first-order valence-electron chi connectivity index (χ1n) is 16.9. The molecule has 2 heterocycles. The number of para-hydroxylation sites is 1. The Morgan fingerprint density at radius 1 is 0.891 bits per heavy atom. The lowest BCUT2D eigenvalue weighted by Gasteiger charge is -2.22. The van der Waals surface area contributed by atoms with E-state index in [1.807, 2.05) is 54.6 Å². The van der Waals surface area contributed by atoms with Crippen molar-refractivity contribution in [2.75, 3.05) is 36.9 Å². The van der Waals surface area contributed by atoms with Crippen LogP contribution in [0.3, 0.4) is 0 Å². The fourth-order valence-electron chi connectivity index (χ4n) is 5.93. The molecule has 4 aromatic rings. The van der Waals surface area contributed by atoms with Gasteiger partial charge in [-0.2, -0.15) is 0 Å². The second-order valence-corrected chi connectivity index (χ2v) is 12.4. The van der Waals surface area contributed by atoms with Gasteiger partial charge in [0.1, 0.15) is 17.1 Å². The van der Waals surface area contributed by atoms with E-state index in [1.54, 1.807) is 10.8 Å². The predicted molar refractivity (Wildman–Crippen MR) is 192 cm³/mol. The number of hydrogen-bond acceptors (Lipinski definition) is 5. The smallest absolute Gasteiger partial charge is 0.323 e. The van der Waals surface area contributed by atoms with E-state index in [0.717, 1.165) is 66.7 Å².